The van der Waals surface area contributed by atoms with Crippen molar-refractivity contribution in [3.8, 4) is 17.2 Å². The molecule has 9 heteroatoms. The van der Waals surface area contributed by atoms with E-state index < -0.39 is 17.7 Å². The highest BCUT2D eigenvalue weighted by Crippen LogP contribution is 2.45. The van der Waals surface area contributed by atoms with Crippen LogP contribution in [0.2, 0.25) is 0 Å². The van der Waals surface area contributed by atoms with Gasteiger partial charge in [-0.25, -0.2) is 0 Å². The maximum Gasteiger partial charge on any atom is 0.300 e. The quantitative estimate of drug-likeness (QED) is 0.310. The van der Waals surface area contributed by atoms with Crippen molar-refractivity contribution < 1.29 is 28.9 Å². The lowest BCUT2D eigenvalue weighted by atomic mass is 9.94. The van der Waals surface area contributed by atoms with Crippen LogP contribution < -0.4 is 28.9 Å². The molecule has 0 aromatic heterocycles. The number of amides is 1. The molecule has 3 aromatic rings. The molecule has 39 heavy (non-hydrogen) atoms. The van der Waals surface area contributed by atoms with Gasteiger partial charge in [-0.15, -0.1) is 0 Å². The Morgan fingerprint density at radius 2 is 1.56 bits per heavy atom. The topological polar surface area (TPSA) is 91.8 Å². The molecule has 1 unspecified atom stereocenters. The number of carbonyl (C=O) groups excluding carboxylic acids is 2. The number of benzene rings is 3. The molecule has 1 amide bonds. The number of nitrogens with zero attached hydrogens (tertiary/aromatic N) is 3. The van der Waals surface area contributed by atoms with Gasteiger partial charge in [-0.1, -0.05) is 12.1 Å². The molecule has 1 atom stereocenters. The molecule has 3 heterocycles. The highest BCUT2D eigenvalue weighted by Gasteiger charge is 2.47. The summed E-state index contributed by atoms with van der Waals surface area (Å²) in [7, 11) is 5.82. The summed E-state index contributed by atoms with van der Waals surface area (Å²) in [6.45, 7) is 2.10. The summed E-state index contributed by atoms with van der Waals surface area (Å²) in [5.74, 6) is 0.0541. The van der Waals surface area contributed by atoms with Crippen molar-refractivity contribution in [2.75, 3.05) is 62.2 Å². The number of likely N-dealkylation sites (N-methyl/N-ethyl adjacent to an activating group) is 1. The van der Waals surface area contributed by atoms with Crippen molar-refractivity contribution >= 4 is 34.5 Å². The summed E-state index contributed by atoms with van der Waals surface area (Å²) in [6.07, 6.45) is 0. The van der Waals surface area contributed by atoms with Gasteiger partial charge in [0, 0.05) is 44.1 Å². The van der Waals surface area contributed by atoms with E-state index in [-0.39, 0.29) is 11.3 Å². The van der Waals surface area contributed by atoms with Crippen LogP contribution in [0.5, 0.6) is 17.2 Å². The van der Waals surface area contributed by atoms with Crippen molar-refractivity contribution in [3.05, 3.63) is 77.4 Å². The fourth-order valence-electron chi connectivity index (χ4n) is 5.20. The molecule has 0 radical (unpaired) electrons. The third-order valence-corrected chi connectivity index (χ3v) is 7.30. The van der Waals surface area contributed by atoms with Crippen LogP contribution >= 0.6 is 0 Å². The van der Waals surface area contributed by atoms with E-state index in [1.165, 1.54) is 4.90 Å². The van der Waals surface area contributed by atoms with E-state index in [2.05, 4.69) is 0 Å². The maximum atomic E-state index is 13.6. The van der Waals surface area contributed by atoms with Crippen LogP contribution in [0.3, 0.4) is 0 Å². The summed E-state index contributed by atoms with van der Waals surface area (Å²) in [5, 5.41) is 11.6. The van der Waals surface area contributed by atoms with Gasteiger partial charge in [-0.2, -0.15) is 0 Å². The summed E-state index contributed by atoms with van der Waals surface area (Å²) in [6, 6.07) is 17.2. The van der Waals surface area contributed by atoms with Crippen molar-refractivity contribution in [2.24, 2.45) is 0 Å². The maximum absolute atomic E-state index is 13.6. The number of anilines is 3. The van der Waals surface area contributed by atoms with Crippen LogP contribution in [-0.2, 0) is 9.59 Å². The van der Waals surface area contributed by atoms with Gasteiger partial charge in [0.05, 0.1) is 23.8 Å². The molecule has 0 spiro atoms. The first-order valence-electron chi connectivity index (χ1n) is 12.8. The zero-order chi connectivity index (χ0) is 27.3. The summed E-state index contributed by atoms with van der Waals surface area (Å²) < 4.78 is 17.1. The lowest BCUT2D eigenvalue weighted by molar-refractivity contribution is -0.132. The first-order chi connectivity index (χ1) is 18.8. The number of fused-ring (bicyclic) bond motifs is 2. The molecule has 0 saturated carbocycles. The van der Waals surface area contributed by atoms with Gasteiger partial charge in [-0.3, -0.25) is 14.5 Å². The van der Waals surface area contributed by atoms with Gasteiger partial charge in [-0.05, 0) is 48.0 Å². The zero-order valence-corrected chi connectivity index (χ0v) is 22.0. The lowest BCUT2D eigenvalue weighted by Gasteiger charge is -2.29. The van der Waals surface area contributed by atoms with E-state index in [0.29, 0.717) is 60.4 Å². The molecule has 1 fully saturated rings. The Labute approximate surface area is 226 Å². The predicted molar refractivity (Wildman–Crippen MR) is 148 cm³/mol. The number of hydrogen-bond donors (Lipinski definition) is 1. The standard InChI is InChI=1S/C30H29N3O6/c1-31(2)20-7-4-18(5-8-20)27-26(28(34)19-6-10-23-22(16-19)32(3)12-13-37-23)29(35)30(36)33(27)21-9-11-24-25(17-21)39-15-14-38-24/h4-11,16-17,27,34H,12-15H2,1-3H3/b28-26-. The fraction of sp³-hybridized carbons (Fsp3) is 0.267. The van der Waals surface area contributed by atoms with Crippen LogP contribution in [0.25, 0.3) is 5.76 Å². The third kappa shape index (κ3) is 4.20. The zero-order valence-electron chi connectivity index (χ0n) is 22.0. The normalized spacial score (nSPS) is 19.5. The van der Waals surface area contributed by atoms with E-state index in [4.69, 9.17) is 14.2 Å². The SMILES string of the molecule is CN(C)c1ccc(C2/C(=C(/O)c3ccc4c(c3)N(C)CCO4)C(=O)C(=O)N2c2ccc3c(c2)OCCO3)cc1. The van der Waals surface area contributed by atoms with Crippen LogP contribution in [0, 0.1) is 0 Å². The molecule has 200 valence electrons. The van der Waals surface area contributed by atoms with Gasteiger partial charge < -0.3 is 29.1 Å². The second kappa shape index (κ2) is 9.58. The molecule has 0 bridgehead atoms. The Kier molecular flexibility index (Phi) is 6.06. The minimum absolute atomic E-state index is 0.0202. The van der Waals surface area contributed by atoms with Crippen LogP contribution in [-0.4, -0.2) is 64.3 Å². The van der Waals surface area contributed by atoms with Crippen LogP contribution in [0.4, 0.5) is 17.1 Å². The number of rotatable bonds is 4. The molecule has 3 aliphatic heterocycles. The van der Waals surface area contributed by atoms with Gasteiger partial charge in [0.1, 0.15) is 31.3 Å². The highest BCUT2D eigenvalue weighted by atomic mass is 16.6. The van der Waals surface area contributed by atoms with Gasteiger partial charge in [0.15, 0.2) is 11.5 Å². The molecule has 6 rings (SSSR count). The summed E-state index contributed by atoms with van der Waals surface area (Å²) >= 11 is 0. The van der Waals surface area contributed by atoms with Crippen molar-refractivity contribution in [2.45, 2.75) is 6.04 Å². The van der Waals surface area contributed by atoms with E-state index in [1.54, 1.807) is 36.4 Å². The highest BCUT2D eigenvalue weighted by molar-refractivity contribution is 6.51. The molecule has 3 aromatic carbocycles. The number of aliphatic hydroxyl groups excluding tert-OH is 1. The molecular formula is C30H29N3O6. The van der Waals surface area contributed by atoms with E-state index >= 15 is 0 Å². The summed E-state index contributed by atoms with van der Waals surface area (Å²) in [4.78, 5) is 32.6. The van der Waals surface area contributed by atoms with Crippen molar-refractivity contribution in [1.82, 2.24) is 0 Å². The average Bonchev–Trinajstić information content (AvgIpc) is 3.22. The first-order valence-corrected chi connectivity index (χ1v) is 12.8. The molecule has 3 aliphatic rings. The number of carbonyl (C=O) groups is 2. The van der Waals surface area contributed by atoms with E-state index in [0.717, 1.165) is 11.4 Å². The molecule has 9 nitrogen and oxygen atoms in total. The number of hydrogen-bond acceptors (Lipinski definition) is 8. The predicted octanol–water partition coefficient (Wildman–Crippen LogP) is 3.98. The Balaban J connectivity index is 1.51. The molecule has 0 aliphatic carbocycles. The first kappa shape index (κ1) is 24.7. The van der Waals surface area contributed by atoms with Crippen LogP contribution in [0.15, 0.2) is 66.2 Å². The van der Waals surface area contributed by atoms with E-state index in [9.17, 15) is 14.7 Å². The van der Waals surface area contributed by atoms with Crippen LogP contribution in [0.1, 0.15) is 17.2 Å². The fourth-order valence-corrected chi connectivity index (χ4v) is 5.20. The molecular weight excluding hydrogens is 498 g/mol. The Hall–Kier alpha value is -4.66. The number of ketones is 1. The lowest BCUT2D eigenvalue weighted by Crippen LogP contribution is -2.29. The second-order valence-corrected chi connectivity index (χ2v) is 9.94. The van der Waals surface area contributed by atoms with E-state index in [1.807, 2.05) is 55.2 Å². The number of ether oxygens (including phenoxy) is 3. The minimum Gasteiger partial charge on any atom is -0.507 e. The van der Waals surface area contributed by atoms with Gasteiger partial charge in [0.2, 0.25) is 0 Å². The van der Waals surface area contributed by atoms with Gasteiger partial charge >= 0.3 is 0 Å². The Morgan fingerprint density at radius 1 is 0.872 bits per heavy atom. The smallest absolute Gasteiger partial charge is 0.300 e. The average molecular weight is 528 g/mol. The largest absolute Gasteiger partial charge is 0.507 e. The third-order valence-electron chi connectivity index (χ3n) is 7.30. The van der Waals surface area contributed by atoms with Gasteiger partial charge in [0.25, 0.3) is 11.7 Å². The number of aliphatic hydroxyl groups is 1. The van der Waals surface area contributed by atoms with Crippen molar-refractivity contribution in [3.63, 3.8) is 0 Å². The molecule has 1 N–H and O–H groups in total. The monoisotopic (exact) mass is 527 g/mol. The second-order valence-electron chi connectivity index (χ2n) is 9.94. The number of Topliss-reactive ketones (excluding diaryl/α,β-unsaturated/α-hetero) is 1. The minimum atomic E-state index is -0.853. The summed E-state index contributed by atoms with van der Waals surface area (Å²) in [5.41, 5.74) is 3.38. The molecule has 1 saturated heterocycles. The Bertz CT molecular complexity index is 1500. The van der Waals surface area contributed by atoms with Crippen molar-refractivity contribution in [1.29, 1.82) is 0 Å². The Morgan fingerprint density at radius 3 is 2.31 bits per heavy atom.